The van der Waals surface area contributed by atoms with Gasteiger partial charge in [-0.15, -0.1) is 0 Å². The van der Waals surface area contributed by atoms with Gasteiger partial charge in [0.1, 0.15) is 5.76 Å². The lowest BCUT2D eigenvalue weighted by Crippen LogP contribution is -2.48. The molecule has 0 aromatic rings. The zero-order valence-electron chi connectivity index (χ0n) is 11.7. The third-order valence-corrected chi connectivity index (χ3v) is 3.62. The summed E-state index contributed by atoms with van der Waals surface area (Å²) in [6, 6.07) is 0. The van der Waals surface area contributed by atoms with Gasteiger partial charge in [-0.25, -0.2) is 0 Å². The molecule has 2 heteroatoms. The van der Waals surface area contributed by atoms with Crippen LogP contribution in [-0.2, 0) is 4.74 Å². The van der Waals surface area contributed by atoms with Gasteiger partial charge in [-0.1, -0.05) is 6.08 Å². The maximum atomic E-state index is 5.73. The predicted molar refractivity (Wildman–Crippen MR) is 73.8 cm³/mol. The van der Waals surface area contributed by atoms with Crippen molar-refractivity contribution < 1.29 is 9.22 Å². The van der Waals surface area contributed by atoms with E-state index in [1.54, 1.807) is 0 Å². The molecule has 0 saturated carbocycles. The average molecular weight is 238 g/mol. The van der Waals surface area contributed by atoms with Gasteiger partial charge >= 0.3 is 0 Å². The van der Waals surface area contributed by atoms with Gasteiger partial charge in [-0.3, -0.25) is 0 Å². The van der Waals surface area contributed by atoms with Crippen LogP contribution in [0, 0.1) is 0 Å². The lowest BCUT2D eigenvalue weighted by molar-refractivity contribution is -0.914. The molecule has 0 N–H and O–H groups in total. The smallest absolute Gasteiger partial charge is 0.114 e. The number of ether oxygens (including phenoxy) is 1. The van der Waals surface area contributed by atoms with Crippen LogP contribution >= 0.6 is 0 Å². The first-order chi connectivity index (χ1) is 8.20. The Labute approximate surface area is 107 Å². The summed E-state index contributed by atoms with van der Waals surface area (Å²) < 4.78 is 6.98. The standard InChI is InChI=1S/C15H28NO/c1-4-10-15(5-2)17-14-9-13-16(3)11-7-6-8-12-16/h4-5,10H,6-9,11-14H2,1-3H3/q+1/b10-4-,15-5+. The molecule has 2 nitrogen and oxygen atoms in total. The van der Waals surface area contributed by atoms with Gasteiger partial charge < -0.3 is 9.22 Å². The van der Waals surface area contributed by atoms with Gasteiger partial charge in [0.25, 0.3) is 0 Å². The second kappa shape index (κ2) is 7.54. The zero-order valence-corrected chi connectivity index (χ0v) is 11.7. The monoisotopic (exact) mass is 238 g/mol. The van der Waals surface area contributed by atoms with Crippen molar-refractivity contribution in [2.45, 2.75) is 39.5 Å². The van der Waals surface area contributed by atoms with E-state index in [0.29, 0.717) is 0 Å². The number of quaternary nitrogens is 1. The molecule has 0 amide bonds. The van der Waals surface area contributed by atoms with E-state index in [1.807, 2.05) is 32.1 Å². The van der Waals surface area contributed by atoms with Gasteiger partial charge in [-0.2, -0.15) is 0 Å². The Morgan fingerprint density at radius 2 is 1.88 bits per heavy atom. The summed E-state index contributed by atoms with van der Waals surface area (Å²) in [7, 11) is 2.39. The summed E-state index contributed by atoms with van der Waals surface area (Å²) in [5.74, 6) is 0.994. The number of piperidine rings is 1. The van der Waals surface area contributed by atoms with Crippen LogP contribution in [0.25, 0.3) is 0 Å². The second-order valence-electron chi connectivity index (χ2n) is 5.24. The molecule has 1 saturated heterocycles. The summed E-state index contributed by atoms with van der Waals surface area (Å²) in [5.41, 5.74) is 0. The molecule has 1 fully saturated rings. The minimum atomic E-state index is 0.845. The topological polar surface area (TPSA) is 9.23 Å². The van der Waals surface area contributed by atoms with Crippen LogP contribution < -0.4 is 0 Å². The fraction of sp³-hybridized carbons (Fsp3) is 0.733. The van der Waals surface area contributed by atoms with E-state index in [4.69, 9.17) is 4.74 Å². The highest BCUT2D eigenvalue weighted by atomic mass is 16.5. The van der Waals surface area contributed by atoms with Crippen LogP contribution in [0.2, 0.25) is 0 Å². The quantitative estimate of drug-likeness (QED) is 0.298. The summed E-state index contributed by atoms with van der Waals surface area (Å²) in [6.07, 6.45) is 11.5. The molecular weight excluding hydrogens is 210 g/mol. The molecule has 0 aromatic heterocycles. The molecule has 1 aliphatic rings. The second-order valence-corrected chi connectivity index (χ2v) is 5.24. The van der Waals surface area contributed by atoms with Crippen molar-refractivity contribution in [2.24, 2.45) is 0 Å². The first-order valence-corrected chi connectivity index (χ1v) is 6.95. The minimum absolute atomic E-state index is 0.845. The Hall–Kier alpha value is -0.760. The van der Waals surface area contributed by atoms with Crippen molar-refractivity contribution in [3.8, 4) is 0 Å². The summed E-state index contributed by atoms with van der Waals surface area (Å²) in [6.45, 7) is 8.85. The molecule has 1 aliphatic heterocycles. The highest BCUT2D eigenvalue weighted by Gasteiger charge is 2.23. The van der Waals surface area contributed by atoms with Crippen molar-refractivity contribution in [3.63, 3.8) is 0 Å². The Morgan fingerprint density at radius 3 is 2.47 bits per heavy atom. The highest BCUT2D eigenvalue weighted by molar-refractivity contribution is 5.09. The number of likely N-dealkylation sites (tertiary alicyclic amines) is 1. The predicted octanol–water partition coefficient (Wildman–Crippen LogP) is 3.50. The maximum absolute atomic E-state index is 5.73. The van der Waals surface area contributed by atoms with E-state index in [2.05, 4.69) is 7.05 Å². The maximum Gasteiger partial charge on any atom is 0.114 e. The highest BCUT2D eigenvalue weighted by Crippen LogP contribution is 2.16. The molecule has 0 spiro atoms. The van der Waals surface area contributed by atoms with Crippen molar-refractivity contribution in [1.82, 2.24) is 0 Å². The zero-order chi connectivity index (χ0) is 12.6. The molecule has 0 bridgehead atoms. The molecule has 1 rings (SSSR count). The molecule has 98 valence electrons. The van der Waals surface area contributed by atoms with Crippen molar-refractivity contribution in [3.05, 3.63) is 24.0 Å². The normalized spacial score (nSPS) is 20.8. The number of allylic oxidation sites excluding steroid dienone is 3. The van der Waals surface area contributed by atoms with Crippen molar-refractivity contribution >= 4 is 0 Å². The first kappa shape index (κ1) is 14.3. The van der Waals surface area contributed by atoms with Gasteiger partial charge in [0, 0.05) is 6.42 Å². The average Bonchev–Trinajstić information content (AvgIpc) is 2.34. The van der Waals surface area contributed by atoms with Crippen LogP contribution in [0.1, 0.15) is 39.5 Å². The molecule has 0 radical (unpaired) electrons. The number of hydrogen-bond acceptors (Lipinski definition) is 1. The Balaban J connectivity index is 2.19. The van der Waals surface area contributed by atoms with Crippen LogP contribution in [0.15, 0.2) is 24.0 Å². The molecule has 17 heavy (non-hydrogen) atoms. The summed E-state index contributed by atoms with van der Waals surface area (Å²) >= 11 is 0. The Morgan fingerprint density at radius 1 is 1.18 bits per heavy atom. The molecule has 0 aromatic carbocycles. The first-order valence-electron chi connectivity index (χ1n) is 6.95. The summed E-state index contributed by atoms with van der Waals surface area (Å²) in [5, 5.41) is 0. The van der Waals surface area contributed by atoms with Gasteiger partial charge in [0.15, 0.2) is 0 Å². The van der Waals surface area contributed by atoms with E-state index in [-0.39, 0.29) is 0 Å². The third kappa shape index (κ3) is 5.40. The van der Waals surface area contributed by atoms with E-state index in [9.17, 15) is 0 Å². The minimum Gasteiger partial charge on any atom is -0.494 e. The van der Waals surface area contributed by atoms with Crippen LogP contribution in [0.5, 0.6) is 0 Å². The van der Waals surface area contributed by atoms with Crippen LogP contribution in [-0.4, -0.2) is 37.8 Å². The number of nitrogens with zero attached hydrogens (tertiary/aromatic N) is 1. The lowest BCUT2D eigenvalue weighted by Gasteiger charge is -2.37. The van der Waals surface area contributed by atoms with E-state index in [0.717, 1.165) is 18.8 Å². The Kier molecular flexibility index (Phi) is 6.35. The van der Waals surface area contributed by atoms with Crippen LogP contribution in [0.4, 0.5) is 0 Å². The van der Waals surface area contributed by atoms with Gasteiger partial charge in [0.05, 0.1) is 33.3 Å². The largest absolute Gasteiger partial charge is 0.494 e. The van der Waals surface area contributed by atoms with Crippen molar-refractivity contribution in [2.75, 3.05) is 33.3 Å². The fourth-order valence-corrected chi connectivity index (χ4v) is 2.53. The Bertz CT molecular complexity index is 262. The van der Waals surface area contributed by atoms with Gasteiger partial charge in [0.2, 0.25) is 0 Å². The van der Waals surface area contributed by atoms with Crippen LogP contribution in [0.3, 0.4) is 0 Å². The third-order valence-electron chi connectivity index (χ3n) is 3.62. The van der Waals surface area contributed by atoms with Crippen molar-refractivity contribution in [1.29, 1.82) is 0 Å². The summed E-state index contributed by atoms with van der Waals surface area (Å²) in [4.78, 5) is 0. The number of hydrogen-bond donors (Lipinski definition) is 0. The van der Waals surface area contributed by atoms with E-state index < -0.39 is 0 Å². The SMILES string of the molecule is C/C=C\C(=C/C)OCCC[N+]1(C)CCCCC1. The van der Waals surface area contributed by atoms with E-state index >= 15 is 0 Å². The molecule has 0 atom stereocenters. The molecule has 0 aliphatic carbocycles. The van der Waals surface area contributed by atoms with Gasteiger partial charge in [-0.05, 0) is 45.3 Å². The molecule has 0 unspecified atom stereocenters. The number of rotatable bonds is 6. The van der Waals surface area contributed by atoms with E-state index in [1.165, 1.54) is 43.4 Å². The fourth-order valence-electron chi connectivity index (χ4n) is 2.53. The molecular formula is C15H28NO+. The lowest BCUT2D eigenvalue weighted by atomic mass is 10.1. The molecule has 1 heterocycles.